The van der Waals surface area contributed by atoms with Gasteiger partial charge in [-0.2, -0.15) is 0 Å². The highest BCUT2D eigenvalue weighted by Crippen LogP contribution is 2.64. The van der Waals surface area contributed by atoms with E-state index < -0.39 is 20.6 Å². The number of rotatable bonds is 4. The van der Waals surface area contributed by atoms with Gasteiger partial charge < -0.3 is 4.74 Å². The third-order valence-corrected chi connectivity index (χ3v) is 4.30. The molecule has 1 aromatic rings. The molecule has 0 aromatic heterocycles. The first-order chi connectivity index (χ1) is 8.76. The van der Waals surface area contributed by atoms with Crippen LogP contribution in [0.1, 0.15) is 18.9 Å². The summed E-state index contributed by atoms with van der Waals surface area (Å²) in [6, 6.07) is 5.91. The quantitative estimate of drug-likeness (QED) is 0.370. The molecule has 7 heteroatoms. The molecule has 2 rings (SSSR count). The molecular weight excluding hydrogens is 293 g/mol. The monoisotopic (exact) mass is 303 g/mol. The predicted octanol–water partition coefficient (Wildman–Crippen LogP) is 3.22. The van der Waals surface area contributed by atoms with Gasteiger partial charge in [0, 0.05) is 18.6 Å². The average molecular weight is 304 g/mol. The Morgan fingerprint density at radius 3 is 2.68 bits per heavy atom. The molecule has 102 valence electrons. The molecule has 1 saturated carbocycles. The Kier molecular flexibility index (Phi) is 3.45. The Balaban J connectivity index is 1.98. The van der Waals surface area contributed by atoms with Crippen molar-refractivity contribution in [1.29, 1.82) is 0 Å². The van der Waals surface area contributed by atoms with Gasteiger partial charge in [-0.1, -0.05) is 12.1 Å². The van der Waals surface area contributed by atoms with E-state index in [2.05, 4.69) is 0 Å². The molecule has 1 aliphatic rings. The van der Waals surface area contributed by atoms with Gasteiger partial charge >= 0.3 is 5.97 Å². The maximum atomic E-state index is 11.8. The van der Waals surface area contributed by atoms with Gasteiger partial charge in [0.15, 0.2) is 0 Å². The number of nitrogens with zero attached hydrogens (tertiary/aromatic N) is 1. The van der Waals surface area contributed by atoms with E-state index in [0.717, 1.165) is 0 Å². The van der Waals surface area contributed by atoms with Crippen molar-refractivity contribution < 1.29 is 14.5 Å². The Bertz CT molecular complexity index is 546. The predicted molar refractivity (Wildman–Crippen MR) is 70.1 cm³/mol. The molecule has 1 aliphatic carbocycles. The number of non-ortho nitro benzene ring substituents is 1. The Morgan fingerprint density at radius 1 is 1.53 bits per heavy atom. The van der Waals surface area contributed by atoms with Crippen molar-refractivity contribution in [2.45, 2.75) is 24.3 Å². The summed E-state index contributed by atoms with van der Waals surface area (Å²) in [5.74, 6) is -0.496. The zero-order valence-electron chi connectivity index (χ0n) is 10.1. The van der Waals surface area contributed by atoms with Crippen LogP contribution in [0.15, 0.2) is 24.3 Å². The van der Waals surface area contributed by atoms with Crippen molar-refractivity contribution >= 4 is 34.9 Å². The van der Waals surface area contributed by atoms with E-state index in [1.54, 1.807) is 13.0 Å². The lowest BCUT2D eigenvalue weighted by molar-refractivity contribution is -0.384. The number of halogens is 2. The van der Waals surface area contributed by atoms with Gasteiger partial charge in [0.25, 0.3) is 5.69 Å². The topological polar surface area (TPSA) is 69.4 Å². The van der Waals surface area contributed by atoms with Crippen LogP contribution in [0.3, 0.4) is 0 Å². The molecule has 0 amide bonds. The smallest absolute Gasteiger partial charge is 0.315 e. The van der Waals surface area contributed by atoms with Gasteiger partial charge in [-0.3, -0.25) is 14.9 Å². The normalized spacial score (nSPS) is 23.7. The fourth-order valence-corrected chi connectivity index (χ4v) is 2.38. The maximum absolute atomic E-state index is 11.8. The molecule has 0 N–H and O–H groups in total. The second-order valence-corrected chi connectivity index (χ2v) is 6.20. The van der Waals surface area contributed by atoms with E-state index in [1.165, 1.54) is 18.2 Å². The van der Waals surface area contributed by atoms with Crippen molar-refractivity contribution in [1.82, 2.24) is 0 Å². The highest BCUT2D eigenvalue weighted by atomic mass is 35.5. The minimum Gasteiger partial charge on any atom is -0.460 e. The molecular formula is C12H11Cl2NO4. The lowest BCUT2D eigenvalue weighted by Gasteiger charge is -2.11. The third-order valence-electron chi connectivity index (χ3n) is 3.20. The van der Waals surface area contributed by atoms with E-state index in [9.17, 15) is 14.9 Å². The molecule has 0 radical (unpaired) electrons. The summed E-state index contributed by atoms with van der Waals surface area (Å²) in [7, 11) is 0. The molecule has 19 heavy (non-hydrogen) atoms. The van der Waals surface area contributed by atoms with Crippen LogP contribution in [-0.2, 0) is 16.1 Å². The number of alkyl halides is 2. The standard InChI is InChI=1S/C12H11Cl2NO4/c1-11(7-12(11,13)14)10(16)19-6-8-3-2-4-9(5-8)15(17)18/h2-5H,6-7H2,1H3. The number of carbonyl (C=O) groups is 1. The van der Waals surface area contributed by atoms with Crippen LogP contribution in [0.2, 0.25) is 0 Å². The van der Waals surface area contributed by atoms with E-state index in [4.69, 9.17) is 27.9 Å². The molecule has 0 heterocycles. The zero-order valence-corrected chi connectivity index (χ0v) is 11.6. The molecule has 1 fully saturated rings. The number of nitro benzene ring substituents is 1. The molecule has 0 saturated heterocycles. The summed E-state index contributed by atoms with van der Waals surface area (Å²) in [5.41, 5.74) is -0.395. The Morgan fingerprint density at radius 2 is 2.16 bits per heavy atom. The Hall–Kier alpha value is -1.33. The molecule has 1 aromatic carbocycles. The number of benzene rings is 1. The minimum absolute atomic E-state index is 0.0417. The number of hydrogen-bond donors (Lipinski definition) is 0. The van der Waals surface area contributed by atoms with Gasteiger partial charge in [0.2, 0.25) is 0 Å². The number of carbonyl (C=O) groups excluding carboxylic acids is 1. The largest absolute Gasteiger partial charge is 0.460 e. The number of nitro groups is 1. The van der Waals surface area contributed by atoms with Crippen molar-refractivity contribution in [3.63, 3.8) is 0 Å². The average Bonchev–Trinajstić information content (AvgIpc) is 2.87. The lowest BCUT2D eigenvalue weighted by atomic mass is 10.1. The van der Waals surface area contributed by atoms with Crippen LogP contribution in [0.5, 0.6) is 0 Å². The molecule has 0 bridgehead atoms. The van der Waals surface area contributed by atoms with Crippen molar-refractivity contribution in [2.24, 2.45) is 5.41 Å². The van der Waals surface area contributed by atoms with Crippen LogP contribution in [0.4, 0.5) is 5.69 Å². The molecule has 0 spiro atoms. The fraction of sp³-hybridized carbons (Fsp3) is 0.417. The van der Waals surface area contributed by atoms with Crippen LogP contribution in [0.25, 0.3) is 0 Å². The lowest BCUT2D eigenvalue weighted by Crippen LogP contribution is -2.21. The van der Waals surface area contributed by atoms with E-state index in [1.807, 2.05) is 0 Å². The second-order valence-electron chi connectivity index (χ2n) is 4.72. The van der Waals surface area contributed by atoms with Crippen molar-refractivity contribution in [2.75, 3.05) is 0 Å². The fourth-order valence-electron chi connectivity index (χ4n) is 1.69. The highest BCUT2D eigenvalue weighted by molar-refractivity contribution is 6.53. The highest BCUT2D eigenvalue weighted by Gasteiger charge is 2.69. The van der Waals surface area contributed by atoms with Crippen LogP contribution in [-0.4, -0.2) is 15.2 Å². The van der Waals surface area contributed by atoms with Crippen LogP contribution >= 0.6 is 23.2 Å². The summed E-state index contributed by atoms with van der Waals surface area (Å²) in [6.07, 6.45) is 0.344. The zero-order chi connectivity index (χ0) is 14.3. The third kappa shape index (κ3) is 2.67. The number of esters is 1. The van der Waals surface area contributed by atoms with Gasteiger partial charge in [-0.25, -0.2) is 0 Å². The maximum Gasteiger partial charge on any atom is 0.315 e. The first-order valence-electron chi connectivity index (χ1n) is 5.55. The summed E-state index contributed by atoms with van der Waals surface area (Å²) >= 11 is 11.7. The van der Waals surface area contributed by atoms with Gasteiger partial charge in [-0.05, 0) is 12.5 Å². The summed E-state index contributed by atoms with van der Waals surface area (Å²) < 4.78 is 4.02. The van der Waals surface area contributed by atoms with Crippen LogP contribution in [0, 0.1) is 15.5 Å². The first-order valence-corrected chi connectivity index (χ1v) is 6.30. The van der Waals surface area contributed by atoms with E-state index in [0.29, 0.717) is 12.0 Å². The first kappa shape index (κ1) is 14.1. The molecule has 1 unspecified atom stereocenters. The number of hydrogen-bond acceptors (Lipinski definition) is 4. The van der Waals surface area contributed by atoms with E-state index >= 15 is 0 Å². The van der Waals surface area contributed by atoms with Crippen molar-refractivity contribution in [3.05, 3.63) is 39.9 Å². The van der Waals surface area contributed by atoms with Gasteiger partial charge in [0.1, 0.15) is 16.4 Å². The molecule has 0 aliphatic heterocycles. The summed E-state index contributed by atoms with van der Waals surface area (Å²) in [4.78, 5) is 21.9. The SMILES string of the molecule is CC1(C(=O)OCc2cccc([N+](=O)[O-])c2)CC1(Cl)Cl. The Labute approximate surface area is 119 Å². The van der Waals surface area contributed by atoms with Gasteiger partial charge in [-0.15, -0.1) is 23.2 Å². The van der Waals surface area contributed by atoms with Crippen molar-refractivity contribution in [3.8, 4) is 0 Å². The molecule has 5 nitrogen and oxygen atoms in total. The summed E-state index contributed by atoms with van der Waals surface area (Å²) in [5, 5.41) is 10.6. The van der Waals surface area contributed by atoms with Crippen LogP contribution < -0.4 is 0 Å². The molecule has 1 atom stereocenters. The van der Waals surface area contributed by atoms with Gasteiger partial charge in [0.05, 0.1) is 4.92 Å². The minimum atomic E-state index is -1.08. The second kappa shape index (κ2) is 4.65. The summed E-state index contributed by atoms with van der Waals surface area (Å²) in [6.45, 7) is 1.59. The van der Waals surface area contributed by atoms with E-state index in [-0.39, 0.29) is 12.3 Å². The number of ether oxygens (including phenoxy) is 1.